The number of thioether (sulfide) groups is 1. The van der Waals surface area contributed by atoms with E-state index < -0.39 is 0 Å². The molecule has 5 nitrogen and oxygen atoms in total. The molecular formula is C21H19N3O2S. The minimum Gasteiger partial charge on any atom is -0.322 e. The maximum absolute atomic E-state index is 12.3. The van der Waals surface area contributed by atoms with Crippen LogP contribution in [0.25, 0.3) is 0 Å². The van der Waals surface area contributed by atoms with Crippen molar-refractivity contribution < 1.29 is 9.59 Å². The van der Waals surface area contributed by atoms with Gasteiger partial charge in [-0.15, -0.1) is 11.8 Å². The van der Waals surface area contributed by atoms with E-state index in [1.165, 1.54) is 11.8 Å². The highest BCUT2D eigenvalue weighted by Crippen LogP contribution is 2.21. The van der Waals surface area contributed by atoms with Gasteiger partial charge in [-0.2, -0.15) is 0 Å². The number of aromatic nitrogens is 1. The van der Waals surface area contributed by atoms with E-state index in [1.807, 2.05) is 55.5 Å². The van der Waals surface area contributed by atoms with Crippen molar-refractivity contribution >= 4 is 35.1 Å². The van der Waals surface area contributed by atoms with E-state index in [0.717, 1.165) is 10.5 Å². The molecule has 2 amide bonds. The first-order valence-corrected chi connectivity index (χ1v) is 9.41. The summed E-state index contributed by atoms with van der Waals surface area (Å²) in [4.78, 5) is 29.3. The van der Waals surface area contributed by atoms with Crippen molar-refractivity contribution in [1.29, 1.82) is 0 Å². The second kappa shape index (κ2) is 9.00. The summed E-state index contributed by atoms with van der Waals surface area (Å²) in [6.07, 6.45) is 1.63. The Kier molecular flexibility index (Phi) is 6.22. The molecule has 0 fully saturated rings. The second-order valence-electron chi connectivity index (χ2n) is 5.85. The molecule has 1 aromatic heterocycles. The summed E-state index contributed by atoms with van der Waals surface area (Å²) >= 11 is 1.42. The molecule has 3 aromatic rings. The number of carbonyl (C=O) groups is 2. The molecule has 0 aliphatic heterocycles. The van der Waals surface area contributed by atoms with Gasteiger partial charge in [0.25, 0.3) is 5.91 Å². The zero-order valence-electron chi connectivity index (χ0n) is 14.8. The Labute approximate surface area is 162 Å². The molecule has 6 heteroatoms. The van der Waals surface area contributed by atoms with E-state index in [4.69, 9.17) is 0 Å². The number of nitrogens with one attached hydrogen (secondary N) is 2. The van der Waals surface area contributed by atoms with Gasteiger partial charge in [0.05, 0.1) is 5.75 Å². The molecule has 0 saturated carbocycles. The van der Waals surface area contributed by atoms with Gasteiger partial charge in [-0.25, -0.2) is 4.98 Å². The van der Waals surface area contributed by atoms with Crippen molar-refractivity contribution in [3.63, 3.8) is 0 Å². The van der Waals surface area contributed by atoms with Crippen molar-refractivity contribution in [2.24, 2.45) is 0 Å². The van der Waals surface area contributed by atoms with Crippen molar-refractivity contribution in [2.45, 2.75) is 11.8 Å². The lowest BCUT2D eigenvalue weighted by atomic mass is 10.1. The third-order valence-electron chi connectivity index (χ3n) is 3.80. The summed E-state index contributed by atoms with van der Waals surface area (Å²) < 4.78 is 0. The van der Waals surface area contributed by atoms with Gasteiger partial charge in [0.2, 0.25) is 5.91 Å². The third-order valence-corrected chi connectivity index (χ3v) is 4.82. The number of hydrogen-bond acceptors (Lipinski definition) is 4. The van der Waals surface area contributed by atoms with Gasteiger partial charge >= 0.3 is 0 Å². The maximum Gasteiger partial charge on any atom is 0.255 e. The zero-order chi connectivity index (χ0) is 19.1. The monoisotopic (exact) mass is 377 g/mol. The number of anilines is 2. The minimum atomic E-state index is -0.136. The summed E-state index contributed by atoms with van der Waals surface area (Å²) in [5.74, 6) is 0.571. The quantitative estimate of drug-likeness (QED) is 0.626. The minimum absolute atomic E-state index is 0.115. The van der Waals surface area contributed by atoms with Crippen LogP contribution in [0.4, 0.5) is 11.5 Å². The van der Waals surface area contributed by atoms with Crippen LogP contribution in [0.1, 0.15) is 15.9 Å². The highest BCUT2D eigenvalue weighted by Gasteiger charge is 2.09. The molecule has 2 N–H and O–H groups in total. The first-order chi connectivity index (χ1) is 13.1. The molecule has 0 aliphatic rings. The number of carbonyl (C=O) groups excluding carboxylic acids is 2. The number of aryl methyl sites for hydroxylation is 1. The molecule has 27 heavy (non-hydrogen) atoms. The van der Waals surface area contributed by atoms with Gasteiger partial charge in [0.15, 0.2) is 0 Å². The zero-order valence-corrected chi connectivity index (χ0v) is 15.6. The van der Waals surface area contributed by atoms with Crippen molar-refractivity contribution in [2.75, 3.05) is 16.4 Å². The second-order valence-corrected chi connectivity index (χ2v) is 6.89. The average Bonchev–Trinajstić information content (AvgIpc) is 2.68. The van der Waals surface area contributed by atoms with E-state index in [1.54, 1.807) is 24.4 Å². The number of pyridine rings is 1. The van der Waals surface area contributed by atoms with Crippen LogP contribution >= 0.6 is 11.8 Å². The molecule has 0 spiro atoms. The highest BCUT2D eigenvalue weighted by molar-refractivity contribution is 8.00. The van der Waals surface area contributed by atoms with E-state index in [9.17, 15) is 9.59 Å². The Morgan fingerprint density at radius 1 is 0.926 bits per heavy atom. The Morgan fingerprint density at radius 2 is 1.67 bits per heavy atom. The predicted octanol–water partition coefficient (Wildman–Crippen LogP) is 4.37. The lowest BCUT2D eigenvalue weighted by Crippen LogP contribution is -2.14. The molecule has 0 radical (unpaired) electrons. The van der Waals surface area contributed by atoms with Crippen LogP contribution in [0.2, 0.25) is 0 Å². The molecule has 0 aliphatic carbocycles. The first kappa shape index (κ1) is 18.7. The van der Waals surface area contributed by atoms with E-state index in [2.05, 4.69) is 15.6 Å². The van der Waals surface area contributed by atoms with Crippen LogP contribution in [0, 0.1) is 6.92 Å². The molecule has 0 atom stereocenters. The lowest BCUT2D eigenvalue weighted by molar-refractivity contribution is -0.113. The molecule has 3 rings (SSSR count). The number of benzene rings is 2. The van der Waals surface area contributed by atoms with Crippen LogP contribution in [0.3, 0.4) is 0 Å². The smallest absolute Gasteiger partial charge is 0.255 e. The van der Waals surface area contributed by atoms with E-state index in [0.29, 0.717) is 17.1 Å². The summed E-state index contributed by atoms with van der Waals surface area (Å²) in [6, 6.07) is 20.2. The predicted molar refractivity (Wildman–Crippen MR) is 109 cm³/mol. The summed E-state index contributed by atoms with van der Waals surface area (Å²) in [7, 11) is 0. The maximum atomic E-state index is 12.3. The van der Waals surface area contributed by atoms with Crippen molar-refractivity contribution in [3.05, 3.63) is 84.1 Å². The fourth-order valence-corrected chi connectivity index (χ4v) is 3.12. The summed E-state index contributed by atoms with van der Waals surface area (Å²) in [5.41, 5.74) is 2.30. The number of hydrogen-bond donors (Lipinski definition) is 2. The lowest BCUT2D eigenvalue weighted by Gasteiger charge is -2.08. The Hall–Kier alpha value is -3.12. The van der Waals surface area contributed by atoms with Gasteiger partial charge in [-0.3, -0.25) is 9.59 Å². The van der Waals surface area contributed by atoms with Crippen molar-refractivity contribution in [1.82, 2.24) is 4.98 Å². The highest BCUT2D eigenvalue weighted by atomic mass is 32.2. The molecule has 0 saturated heterocycles. The normalized spacial score (nSPS) is 10.3. The Bertz CT molecular complexity index is 928. The van der Waals surface area contributed by atoms with E-state index in [-0.39, 0.29) is 17.6 Å². The summed E-state index contributed by atoms with van der Waals surface area (Å²) in [5, 5.41) is 5.63. The first-order valence-electron chi connectivity index (χ1n) is 8.42. The Morgan fingerprint density at radius 3 is 2.37 bits per heavy atom. The number of nitrogens with zero attached hydrogens (tertiary/aromatic N) is 1. The van der Waals surface area contributed by atoms with Crippen LogP contribution in [0.5, 0.6) is 0 Å². The fourth-order valence-electron chi connectivity index (χ4n) is 2.43. The molecule has 1 heterocycles. The largest absolute Gasteiger partial charge is 0.322 e. The fraction of sp³-hybridized carbons (Fsp3) is 0.0952. The topological polar surface area (TPSA) is 71.1 Å². The third kappa shape index (κ3) is 5.43. The number of rotatable bonds is 6. The summed E-state index contributed by atoms with van der Waals surface area (Å²) in [6.45, 7) is 1.91. The van der Waals surface area contributed by atoms with Gasteiger partial charge < -0.3 is 10.6 Å². The average molecular weight is 377 g/mol. The van der Waals surface area contributed by atoms with Gasteiger partial charge in [-0.1, -0.05) is 24.3 Å². The van der Waals surface area contributed by atoms with Crippen LogP contribution in [-0.4, -0.2) is 22.6 Å². The molecule has 2 aromatic carbocycles. The Balaban J connectivity index is 1.52. The van der Waals surface area contributed by atoms with Crippen LogP contribution in [-0.2, 0) is 4.79 Å². The van der Waals surface area contributed by atoms with Gasteiger partial charge in [0.1, 0.15) is 5.82 Å². The SMILES string of the molecule is Cc1ccccc1C(=O)Nc1ccc(SCC(=O)Nc2ccccn2)cc1. The number of amides is 2. The van der Waals surface area contributed by atoms with Crippen molar-refractivity contribution in [3.8, 4) is 0 Å². The molecule has 0 bridgehead atoms. The van der Waals surface area contributed by atoms with E-state index >= 15 is 0 Å². The van der Waals surface area contributed by atoms with Crippen LogP contribution in [0.15, 0.2) is 77.8 Å². The van der Waals surface area contributed by atoms with Gasteiger partial charge in [-0.05, 0) is 55.0 Å². The molecular weight excluding hydrogens is 358 g/mol. The molecule has 136 valence electrons. The van der Waals surface area contributed by atoms with Gasteiger partial charge in [0, 0.05) is 22.3 Å². The van der Waals surface area contributed by atoms with Crippen LogP contribution < -0.4 is 10.6 Å². The standard InChI is InChI=1S/C21H19N3O2S/c1-15-6-2-3-7-18(15)21(26)23-16-9-11-17(12-10-16)27-14-20(25)24-19-8-4-5-13-22-19/h2-13H,14H2,1H3,(H,23,26)(H,22,24,25). The molecule has 0 unspecified atom stereocenters.